The van der Waals surface area contributed by atoms with Crippen LogP contribution < -0.4 is 10.6 Å². The summed E-state index contributed by atoms with van der Waals surface area (Å²) >= 11 is 13.1. The summed E-state index contributed by atoms with van der Waals surface area (Å²) in [4.78, 5) is 12.1. The number of carbonyl (C=O) groups excluding carboxylic acids is 1. The number of benzene rings is 2. The topological polar surface area (TPSA) is 61.4 Å². The lowest BCUT2D eigenvalue weighted by Gasteiger charge is -2.11. The predicted octanol–water partition coefficient (Wildman–Crippen LogP) is 4.09. The molecule has 2 rings (SSSR count). The van der Waals surface area contributed by atoms with E-state index in [1.807, 2.05) is 13.0 Å². The van der Waals surface area contributed by atoms with E-state index in [1.54, 1.807) is 18.2 Å². The van der Waals surface area contributed by atoms with Gasteiger partial charge in [-0.25, -0.2) is 0 Å². The number of rotatable bonds is 2. The van der Waals surface area contributed by atoms with E-state index in [4.69, 9.17) is 23.8 Å². The summed E-state index contributed by atoms with van der Waals surface area (Å²) in [6.07, 6.45) is 0. The second-order valence-corrected chi connectivity index (χ2v) is 6.54. The molecule has 0 aliphatic rings. The average Bonchev–Trinajstić information content (AvgIpc) is 2.45. The van der Waals surface area contributed by atoms with E-state index in [9.17, 15) is 9.90 Å². The third-order valence-corrected chi connectivity index (χ3v) is 4.47. The summed E-state index contributed by atoms with van der Waals surface area (Å²) in [7, 11) is 0. The molecule has 22 heavy (non-hydrogen) atoms. The highest BCUT2D eigenvalue weighted by Crippen LogP contribution is 2.26. The molecule has 0 fully saturated rings. The van der Waals surface area contributed by atoms with Gasteiger partial charge in [0.15, 0.2) is 5.11 Å². The maximum absolute atomic E-state index is 12.1. The third-order valence-electron chi connectivity index (χ3n) is 2.87. The smallest absolute Gasteiger partial charge is 0.257 e. The number of phenolic OH excluding ortho intramolecular Hbond substituents is 1. The van der Waals surface area contributed by atoms with Gasteiger partial charge in [-0.15, -0.1) is 0 Å². The van der Waals surface area contributed by atoms with Crippen LogP contribution in [-0.2, 0) is 0 Å². The molecule has 2 aromatic carbocycles. The Morgan fingerprint density at radius 3 is 2.68 bits per heavy atom. The van der Waals surface area contributed by atoms with Crippen molar-refractivity contribution in [1.29, 1.82) is 0 Å². The second kappa shape index (κ2) is 7.26. The van der Waals surface area contributed by atoms with Crippen molar-refractivity contribution in [3.8, 4) is 5.75 Å². The van der Waals surface area contributed by atoms with Gasteiger partial charge in [0.25, 0.3) is 5.91 Å². The van der Waals surface area contributed by atoms with Crippen LogP contribution in [0, 0.1) is 10.5 Å². The Kier molecular flexibility index (Phi) is 5.60. The summed E-state index contributed by atoms with van der Waals surface area (Å²) in [6, 6.07) is 9.90. The molecule has 3 N–H and O–H groups in total. The Balaban J connectivity index is 2.06. The van der Waals surface area contributed by atoms with Gasteiger partial charge < -0.3 is 10.4 Å². The van der Waals surface area contributed by atoms with Crippen LogP contribution in [0.2, 0.25) is 5.02 Å². The summed E-state index contributed by atoms with van der Waals surface area (Å²) < 4.78 is 0.997. The number of hydrogen-bond donors (Lipinski definition) is 3. The van der Waals surface area contributed by atoms with Crippen LogP contribution in [0.15, 0.2) is 36.4 Å². The van der Waals surface area contributed by atoms with Crippen LogP contribution >= 0.6 is 46.4 Å². The normalized spacial score (nSPS) is 10.1. The molecule has 114 valence electrons. The highest BCUT2D eigenvalue weighted by molar-refractivity contribution is 14.1. The second-order valence-electron chi connectivity index (χ2n) is 4.53. The SMILES string of the molecule is Cc1ccc(C(=O)NC(=S)Nc2cc(Cl)ccc2O)cc1I. The van der Waals surface area contributed by atoms with Crippen LogP contribution in [0.1, 0.15) is 15.9 Å². The van der Waals surface area contributed by atoms with Gasteiger partial charge in [0.1, 0.15) is 5.75 Å². The van der Waals surface area contributed by atoms with Gasteiger partial charge >= 0.3 is 0 Å². The van der Waals surface area contributed by atoms with Crippen LogP contribution in [0.25, 0.3) is 0 Å². The minimum Gasteiger partial charge on any atom is -0.506 e. The van der Waals surface area contributed by atoms with E-state index in [0.717, 1.165) is 9.13 Å². The van der Waals surface area contributed by atoms with Crippen LogP contribution in [0.3, 0.4) is 0 Å². The fourth-order valence-corrected chi connectivity index (χ4v) is 2.56. The maximum Gasteiger partial charge on any atom is 0.257 e. The van der Waals surface area contributed by atoms with Crippen molar-refractivity contribution in [2.24, 2.45) is 0 Å². The maximum atomic E-state index is 12.1. The average molecular weight is 447 g/mol. The van der Waals surface area contributed by atoms with Crippen molar-refractivity contribution >= 4 is 63.1 Å². The van der Waals surface area contributed by atoms with Crippen molar-refractivity contribution in [2.45, 2.75) is 6.92 Å². The number of halogens is 2. The van der Waals surface area contributed by atoms with E-state index in [-0.39, 0.29) is 16.8 Å². The molecule has 0 aliphatic heterocycles. The lowest BCUT2D eigenvalue weighted by atomic mass is 10.1. The van der Waals surface area contributed by atoms with Crippen LogP contribution in [0.4, 0.5) is 5.69 Å². The van der Waals surface area contributed by atoms with E-state index in [1.165, 1.54) is 12.1 Å². The fourth-order valence-electron chi connectivity index (χ4n) is 1.67. The first-order valence-corrected chi connectivity index (χ1v) is 8.10. The van der Waals surface area contributed by atoms with Gasteiger partial charge in [-0.2, -0.15) is 0 Å². The molecule has 0 bridgehead atoms. The number of amides is 1. The Bertz CT molecular complexity index is 752. The van der Waals surface area contributed by atoms with Gasteiger partial charge in [0.2, 0.25) is 0 Å². The first kappa shape index (κ1) is 17.0. The zero-order chi connectivity index (χ0) is 16.3. The van der Waals surface area contributed by atoms with Crippen molar-refractivity contribution in [3.05, 3.63) is 56.1 Å². The van der Waals surface area contributed by atoms with E-state index in [0.29, 0.717) is 16.3 Å². The zero-order valence-electron chi connectivity index (χ0n) is 11.5. The van der Waals surface area contributed by atoms with Crippen molar-refractivity contribution in [1.82, 2.24) is 5.32 Å². The van der Waals surface area contributed by atoms with Gasteiger partial charge in [-0.1, -0.05) is 17.7 Å². The molecule has 1 amide bonds. The van der Waals surface area contributed by atoms with Crippen molar-refractivity contribution < 1.29 is 9.90 Å². The molecule has 0 saturated carbocycles. The van der Waals surface area contributed by atoms with Crippen LogP contribution in [-0.4, -0.2) is 16.1 Å². The summed E-state index contributed by atoms with van der Waals surface area (Å²) in [6.45, 7) is 1.97. The number of carbonyl (C=O) groups is 1. The molecule has 0 saturated heterocycles. The molecular weight excluding hydrogens is 435 g/mol. The molecule has 0 aromatic heterocycles. The Morgan fingerprint density at radius 2 is 2.00 bits per heavy atom. The number of anilines is 1. The van der Waals surface area contributed by atoms with Crippen LogP contribution in [0.5, 0.6) is 5.75 Å². The van der Waals surface area contributed by atoms with E-state index < -0.39 is 0 Å². The molecule has 0 spiro atoms. The molecule has 2 aromatic rings. The predicted molar refractivity (Wildman–Crippen MR) is 101 cm³/mol. The fraction of sp³-hybridized carbons (Fsp3) is 0.0667. The lowest BCUT2D eigenvalue weighted by Crippen LogP contribution is -2.34. The monoisotopic (exact) mass is 446 g/mol. The number of hydrogen-bond acceptors (Lipinski definition) is 3. The quantitative estimate of drug-likeness (QED) is 0.369. The first-order chi connectivity index (χ1) is 10.4. The highest BCUT2D eigenvalue weighted by atomic mass is 127. The van der Waals surface area contributed by atoms with Gasteiger partial charge in [0.05, 0.1) is 5.69 Å². The number of aromatic hydroxyl groups is 1. The molecule has 4 nitrogen and oxygen atoms in total. The van der Waals surface area contributed by atoms with Crippen molar-refractivity contribution in [2.75, 3.05) is 5.32 Å². The number of aryl methyl sites for hydroxylation is 1. The number of thiocarbonyl (C=S) groups is 1. The molecular formula is C15H12ClIN2O2S. The molecule has 0 heterocycles. The lowest BCUT2D eigenvalue weighted by molar-refractivity contribution is 0.0977. The third kappa shape index (κ3) is 4.31. The largest absolute Gasteiger partial charge is 0.506 e. The molecule has 0 atom stereocenters. The number of phenols is 1. The van der Waals surface area contributed by atoms with E-state index in [2.05, 4.69) is 33.2 Å². The Labute approximate surface area is 152 Å². The minimum atomic E-state index is -0.322. The van der Waals surface area contributed by atoms with Gasteiger partial charge in [0, 0.05) is 14.2 Å². The van der Waals surface area contributed by atoms with Gasteiger partial charge in [-0.05, 0) is 77.6 Å². The summed E-state index contributed by atoms with van der Waals surface area (Å²) in [5.41, 5.74) is 1.94. The standard InChI is InChI=1S/C15H12ClIN2O2S/c1-8-2-3-9(6-11(8)17)14(21)19-15(22)18-12-7-10(16)4-5-13(12)20/h2-7,20H,1H3,(H2,18,19,21,22). The summed E-state index contributed by atoms with van der Waals surface area (Å²) in [5.74, 6) is -0.331. The minimum absolute atomic E-state index is 0.00844. The van der Waals surface area contributed by atoms with E-state index >= 15 is 0 Å². The molecule has 0 aliphatic carbocycles. The molecule has 0 radical (unpaired) electrons. The van der Waals surface area contributed by atoms with Crippen molar-refractivity contribution in [3.63, 3.8) is 0 Å². The van der Waals surface area contributed by atoms with Gasteiger partial charge in [-0.3, -0.25) is 10.1 Å². The Hall–Kier alpha value is -1.38. The highest BCUT2D eigenvalue weighted by Gasteiger charge is 2.10. The molecule has 0 unspecified atom stereocenters. The molecule has 7 heteroatoms. The number of nitrogens with one attached hydrogen (secondary N) is 2. The first-order valence-electron chi connectivity index (χ1n) is 6.24. The summed E-state index contributed by atoms with van der Waals surface area (Å²) in [5, 5.41) is 15.5. The zero-order valence-corrected chi connectivity index (χ0v) is 15.2. The Morgan fingerprint density at radius 1 is 1.27 bits per heavy atom.